The van der Waals surface area contributed by atoms with Crippen LogP contribution in [0.1, 0.15) is 11.1 Å². The van der Waals surface area contributed by atoms with Crippen molar-refractivity contribution in [1.29, 1.82) is 0 Å². The molecule has 39 heavy (non-hydrogen) atoms. The van der Waals surface area contributed by atoms with E-state index in [1.807, 2.05) is 84.9 Å². The summed E-state index contributed by atoms with van der Waals surface area (Å²) in [4.78, 5) is 18.2. The molecule has 0 bridgehead atoms. The lowest BCUT2D eigenvalue weighted by Crippen LogP contribution is -2.20. The first-order chi connectivity index (χ1) is 19.0. The van der Waals surface area contributed by atoms with E-state index in [2.05, 4.69) is 59.6 Å². The summed E-state index contributed by atoms with van der Waals surface area (Å²) >= 11 is 9.29. The van der Waals surface area contributed by atoms with E-state index in [0.717, 1.165) is 34.8 Å². The number of para-hydroxylation sites is 2. The van der Waals surface area contributed by atoms with Crippen LogP contribution in [0.25, 0.3) is 33.5 Å². The van der Waals surface area contributed by atoms with Gasteiger partial charge in [-0.15, -0.1) is 0 Å². The van der Waals surface area contributed by atoms with Crippen LogP contribution in [-0.2, 0) is 6.61 Å². The zero-order valence-corrected chi connectivity index (χ0v) is 25.5. The van der Waals surface area contributed by atoms with Gasteiger partial charge in [0.15, 0.2) is 5.76 Å². The van der Waals surface area contributed by atoms with Gasteiger partial charge in [-0.25, -0.2) is 4.98 Å². The average molecular weight is 755 g/mol. The molecule has 0 N–H and O–H groups in total. The lowest BCUT2D eigenvalue weighted by molar-refractivity contribution is 0.303. The van der Waals surface area contributed by atoms with Crippen LogP contribution in [0.3, 0.4) is 0 Å². The highest BCUT2D eigenvalue weighted by Crippen LogP contribution is 2.28. The van der Waals surface area contributed by atoms with Crippen molar-refractivity contribution in [3.8, 4) is 17.3 Å². The normalized spacial score (nSPS) is 11.6. The van der Waals surface area contributed by atoms with Crippen molar-refractivity contribution in [2.75, 3.05) is 0 Å². The minimum Gasteiger partial charge on any atom is -0.488 e. The van der Waals surface area contributed by atoms with Gasteiger partial charge in [-0.1, -0.05) is 68.3 Å². The van der Waals surface area contributed by atoms with E-state index in [9.17, 15) is 4.79 Å². The molecule has 0 saturated carbocycles. The number of furan rings is 1. The summed E-state index contributed by atoms with van der Waals surface area (Å²) < 4.78 is 16.3. The third-order valence-electron chi connectivity index (χ3n) is 6.08. The van der Waals surface area contributed by atoms with Crippen molar-refractivity contribution in [2.24, 2.45) is 5.10 Å². The van der Waals surface area contributed by atoms with Gasteiger partial charge in [0.25, 0.3) is 5.56 Å². The van der Waals surface area contributed by atoms with E-state index in [1.165, 1.54) is 4.68 Å². The van der Waals surface area contributed by atoms with E-state index >= 15 is 0 Å². The zero-order chi connectivity index (χ0) is 26.9. The number of nitrogens with zero attached hydrogens (tertiary/aromatic N) is 3. The molecule has 6 aromatic rings. The fourth-order valence-corrected chi connectivity index (χ4v) is 5.97. The summed E-state index contributed by atoms with van der Waals surface area (Å²) in [6.45, 7) is 0.427. The Hall–Kier alpha value is -3.28. The molecule has 0 unspecified atom stereocenters. The van der Waals surface area contributed by atoms with Gasteiger partial charge < -0.3 is 9.15 Å². The Balaban J connectivity index is 1.34. The lowest BCUT2D eigenvalue weighted by Gasteiger charge is -2.11. The van der Waals surface area contributed by atoms with Crippen molar-refractivity contribution in [2.45, 2.75) is 6.61 Å². The van der Waals surface area contributed by atoms with Crippen LogP contribution in [0.5, 0.6) is 5.75 Å². The van der Waals surface area contributed by atoms with Crippen LogP contribution < -0.4 is 10.3 Å². The highest BCUT2D eigenvalue weighted by atomic mass is 127. The monoisotopic (exact) mass is 753 g/mol. The molecule has 0 spiro atoms. The lowest BCUT2D eigenvalue weighted by atomic mass is 10.2. The number of hydrogen-bond donors (Lipinski definition) is 0. The Morgan fingerprint density at radius 2 is 1.79 bits per heavy atom. The summed E-state index contributed by atoms with van der Waals surface area (Å²) in [6.07, 6.45) is 1.64. The van der Waals surface area contributed by atoms with Crippen molar-refractivity contribution >= 4 is 82.5 Å². The van der Waals surface area contributed by atoms with Gasteiger partial charge >= 0.3 is 0 Å². The van der Waals surface area contributed by atoms with E-state index in [-0.39, 0.29) is 5.56 Å². The van der Waals surface area contributed by atoms with Crippen molar-refractivity contribution in [3.05, 3.63) is 125 Å². The molecule has 0 fully saturated rings. The number of fused-ring (bicyclic) bond motifs is 2. The fraction of sp³-hybridized carbons (Fsp3) is 0.0333. The molecule has 0 amide bonds. The van der Waals surface area contributed by atoms with E-state index < -0.39 is 0 Å². The molecule has 6 rings (SSSR count). The molecule has 0 atom stereocenters. The standard InChI is InChI=1S/C30H18Br2IN3O3/c31-21-11-10-20(23(32)15-21)17-38-27-12-9-18(13-24(27)33)16-34-36-29(28-14-19-5-1-4-8-26(19)39-28)35-25-7-3-2-6-22(25)30(36)37/h1-16H,17H2. The van der Waals surface area contributed by atoms with Gasteiger partial charge in [0.2, 0.25) is 5.82 Å². The number of rotatable bonds is 6. The summed E-state index contributed by atoms with van der Waals surface area (Å²) in [5, 5.41) is 5.96. The van der Waals surface area contributed by atoms with Crippen LogP contribution in [-0.4, -0.2) is 15.9 Å². The number of ether oxygens (including phenoxy) is 1. The first kappa shape index (κ1) is 26.0. The molecule has 4 aromatic carbocycles. The molecule has 2 heterocycles. The van der Waals surface area contributed by atoms with Gasteiger partial charge in [0.1, 0.15) is 17.9 Å². The second kappa shape index (κ2) is 11.1. The van der Waals surface area contributed by atoms with Gasteiger partial charge in [0, 0.05) is 19.9 Å². The van der Waals surface area contributed by atoms with E-state index in [0.29, 0.717) is 34.7 Å². The first-order valence-electron chi connectivity index (χ1n) is 11.9. The second-order valence-corrected chi connectivity index (χ2v) is 11.6. The van der Waals surface area contributed by atoms with Gasteiger partial charge in [-0.3, -0.25) is 4.79 Å². The second-order valence-electron chi connectivity index (χ2n) is 8.68. The average Bonchev–Trinajstić information content (AvgIpc) is 3.37. The Bertz CT molecular complexity index is 1920. The maximum atomic E-state index is 13.5. The fourth-order valence-electron chi connectivity index (χ4n) is 4.12. The maximum Gasteiger partial charge on any atom is 0.282 e. The minimum atomic E-state index is -0.276. The minimum absolute atomic E-state index is 0.276. The Labute approximate surface area is 253 Å². The molecule has 0 aliphatic heterocycles. The summed E-state index contributed by atoms with van der Waals surface area (Å²) in [5.74, 6) is 1.56. The first-order valence-corrected chi connectivity index (χ1v) is 14.5. The molecule has 0 aliphatic rings. The molecule has 0 radical (unpaired) electrons. The third-order valence-corrected chi connectivity index (χ3v) is 8.15. The molecular weight excluding hydrogens is 737 g/mol. The maximum absolute atomic E-state index is 13.5. The molecule has 192 valence electrons. The summed E-state index contributed by atoms with van der Waals surface area (Å²) in [5.41, 5.74) is 2.87. The van der Waals surface area contributed by atoms with Gasteiger partial charge in [-0.05, 0) is 82.8 Å². The Morgan fingerprint density at radius 3 is 2.62 bits per heavy atom. The van der Waals surface area contributed by atoms with Crippen molar-refractivity contribution < 1.29 is 9.15 Å². The molecule has 2 aromatic heterocycles. The van der Waals surface area contributed by atoms with Crippen LogP contribution in [0.15, 0.2) is 114 Å². The van der Waals surface area contributed by atoms with Gasteiger partial charge in [-0.2, -0.15) is 9.78 Å². The van der Waals surface area contributed by atoms with Crippen LogP contribution in [0, 0.1) is 3.57 Å². The quantitative estimate of drug-likeness (QED) is 0.127. The van der Waals surface area contributed by atoms with Crippen molar-refractivity contribution in [3.63, 3.8) is 0 Å². The smallest absolute Gasteiger partial charge is 0.282 e. The third kappa shape index (κ3) is 5.43. The predicted octanol–water partition coefficient (Wildman–Crippen LogP) is 8.40. The zero-order valence-electron chi connectivity index (χ0n) is 20.1. The Kier molecular flexibility index (Phi) is 7.37. The van der Waals surface area contributed by atoms with Crippen LogP contribution in [0.4, 0.5) is 0 Å². The predicted molar refractivity (Wildman–Crippen MR) is 170 cm³/mol. The van der Waals surface area contributed by atoms with Gasteiger partial charge in [0.05, 0.1) is 20.7 Å². The summed E-state index contributed by atoms with van der Waals surface area (Å²) in [7, 11) is 0. The van der Waals surface area contributed by atoms with Crippen LogP contribution in [0.2, 0.25) is 0 Å². The summed E-state index contributed by atoms with van der Waals surface area (Å²) in [6, 6.07) is 28.5. The topological polar surface area (TPSA) is 69.6 Å². The van der Waals surface area contributed by atoms with Crippen molar-refractivity contribution in [1.82, 2.24) is 9.66 Å². The number of aromatic nitrogens is 2. The Morgan fingerprint density at radius 1 is 0.974 bits per heavy atom. The van der Waals surface area contributed by atoms with E-state index in [4.69, 9.17) is 14.1 Å². The SMILES string of the molecule is O=c1c2ccccc2nc(-c2cc3ccccc3o2)n1N=Cc1ccc(OCc2ccc(Br)cc2Br)c(I)c1. The highest BCUT2D eigenvalue weighted by Gasteiger charge is 2.16. The molecule has 6 nitrogen and oxygen atoms in total. The highest BCUT2D eigenvalue weighted by molar-refractivity contribution is 14.1. The van der Waals surface area contributed by atoms with E-state index in [1.54, 1.807) is 12.3 Å². The molecule has 9 heteroatoms. The number of benzene rings is 4. The molecule has 0 saturated heterocycles. The largest absolute Gasteiger partial charge is 0.488 e. The number of halogens is 3. The molecule has 0 aliphatic carbocycles. The van der Waals surface area contributed by atoms with Crippen LogP contribution >= 0.6 is 54.5 Å². The number of hydrogen-bond acceptors (Lipinski definition) is 5. The molecular formula is C30H18Br2IN3O3.